The summed E-state index contributed by atoms with van der Waals surface area (Å²) in [7, 11) is 0. The summed E-state index contributed by atoms with van der Waals surface area (Å²) in [6, 6.07) is 9.62. The number of aryl methyl sites for hydroxylation is 2. The summed E-state index contributed by atoms with van der Waals surface area (Å²) >= 11 is 1.16. The van der Waals surface area contributed by atoms with E-state index < -0.39 is 4.92 Å². The zero-order valence-corrected chi connectivity index (χ0v) is 13.9. The van der Waals surface area contributed by atoms with Gasteiger partial charge in [-0.1, -0.05) is 17.8 Å². The molecule has 0 atom stereocenters. The molecule has 2 rings (SSSR count). The zero-order chi connectivity index (χ0) is 17.7. The van der Waals surface area contributed by atoms with Crippen molar-refractivity contribution in [2.75, 3.05) is 11.1 Å². The molecule has 0 radical (unpaired) electrons. The molecule has 122 valence electrons. The van der Waals surface area contributed by atoms with Crippen LogP contribution in [0.25, 0.3) is 0 Å². The SMILES string of the molecule is Cc1cc(C)c(C#N)c(SCC(=O)Nc2cccc([N+](=O)[O-])c2)n1. The number of carbonyl (C=O) groups is 1. The minimum Gasteiger partial charge on any atom is -0.325 e. The Labute approximate surface area is 142 Å². The van der Waals surface area contributed by atoms with Crippen molar-refractivity contribution < 1.29 is 9.72 Å². The third-order valence-electron chi connectivity index (χ3n) is 3.10. The maximum atomic E-state index is 12.0. The van der Waals surface area contributed by atoms with E-state index in [0.717, 1.165) is 23.0 Å². The number of aromatic nitrogens is 1. The Morgan fingerprint density at radius 1 is 1.42 bits per heavy atom. The number of hydrogen-bond acceptors (Lipinski definition) is 6. The number of nitro groups is 1. The highest BCUT2D eigenvalue weighted by Gasteiger charge is 2.12. The average Bonchev–Trinajstić information content (AvgIpc) is 2.52. The van der Waals surface area contributed by atoms with Gasteiger partial charge in [0.25, 0.3) is 5.69 Å². The summed E-state index contributed by atoms with van der Waals surface area (Å²) in [4.78, 5) is 26.5. The van der Waals surface area contributed by atoms with Gasteiger partial charge in [-0.15, -0.1) is 0 Å². The molecule has 8 heteroatoms. The van der Waals surface area contributed by atoms with Gasteiger partial charge in [0.05, 0.1) is 16.2 Å². The Morgan fingerprint density at radius 3 is 2.83 bits per heavy atom. The standard InChI is InChI=1S/C16H14N4O3S/c1-10-6-11(2)18-16(14(10)8-17)24-9-15(21)19-12-4-3-5-13(7-12)20(22)23/h3-7H,9H2,1-2H3,(H,19,21). The van der Waals surface area contributed by atoms with Gasteiger partial charge >= 0.3 is 0 Å². The predicted octanol–water partition coefficient (Wildman–Crippen LogP) is 3.21. The van der Waals surface area contributed by atoms with E-state index in [4.69, 9.17) is 0 Å². The van der Waals surface area contributed by atoms with Crippen LogP contribution in [0.5, 0.6) is 0 Å². The number of nitriles is 1. The summed E-state index contributed by atoms with van der Waals surface area (Å²) in [5.74, 6) is -0.280. The Morgan fingerprint density at radius 2 is 2.17 bits per heavy atom. The summed E-state index contributed by atoms with van der Waals surface area (Å²) in [5, 5.41) is 23.0. The number of carbonyl (C=O) groups excluding carboxylic acids is 1. The van der Waals surface area contributed by atoms with E-state index in [-0.39, 0.29) is 17.3 Å². The number of hydrogen-bond donors (Lipinski definition) is 1. The maximum absolute atomic E-state index is 12.0. The van der Waals surface area contributed by atoms with E-state index in [1.54, 1.807) is 6.07 Å². The molecule has 0 unspecified atom stereocenters. The summed E-state index contributed by atoms with van der Waals surface area (Å²) in [6.45, 7) is 3.64. The van der Waals surface area contributed by atoms with E-state index in [0.29, 0.717) is 16.3 Å². The van der Waals surface area contributed by atoms with E-state index in [1.807, 2.05) is 19.9 Å². The van der Waals surface area contributed by atoms with Crippen LogP contribution in [0, 0.1) is 35.3 Å². The fraction of sp³-hybridized carbons (Fsp3) is 0.188. The molecule has 24 heavy (non-hydrogen) atoms. The second kappa shape index (κ2) is 7.57. The largest absolute Gasteiger partial charge is 0.325 e. The van der Waals surface area contributed by atoms with Crippen LogP contribution in [0.15, 0.2) is 35.4 Å². The number of rotatable bonds is 5. The minimum absolute atomic E-state index is 0.0489. The quantitative estimate of drug-likeness (QED) is 0.507. The normalized spacial score (nSPS) is 10.0. The first-order chi connectivity index (χ1) is 11.4. The van der Waals surface area contributed by atoms with Crippen LogP contribution in [0.1, 0.15) is 16.8 Å². The van der Waals surface area contributed by atoms with Crippen molar-refractivity contribution in [1.82, 2.24) is 4.98 Å². The molecule has 0 saturated carbocycles. The highest BCUT2D eigenvalue weighted by atomic mass is 32.2. The van der Waals surface area contributed by atoms with Gasteiger partial charge in [0.2, 0.25) is 5.91 Å². The zero-order valence-electron chi connectivity index (χ0n) is 13.1. The van der Waals surface area contributed by atoms with Crippen LogP contribution in [0.2, 0.25) is 0 Å². The lowest BCUT2D eigenvalue weighted by molar-refractivity contribution is -0.384. The van der Waals surface area contributed by atoms with Crippen molar-refractivity contribution in [2.24, 2.45) is 0 Å². The van der Waals surface area contributed by atoms with E-state index in [1.165, 1.54) is 18.2 Å². The fourth-order valence-electron chi connectivity index (χ4n) is 2.07. The van der Waals surface area contributed by atoms with Crippen molar-refractivity contribution >= 4 is 29.0 Å². The molecule has 0 aliphatic rings. The lowest BCUT2D eigenvalue weighted by Crippen LogP contribution is -2.14. The number of amides is 1. The Balaban J connectivity index is 2.06. The smallest absolute Gasteiger partial charge is 0.271 e. The molecule has 0 saturated heterocycles. The Bertz CT molecular complexity index is 846. The van der Waals surface area contributed by atoms with Gasteiger partial charge in [-0.25, -0.2) is 4.98 Å². The molecule has 0 aliphatic carbocycles. The number of pyridine rings is 1. The predicted molar refractivity (Wildman–Crippen MR) is 90.9 cm³/mol. The van der Waals surface area contributed by atoms with Crippen LogP contribution < -0.4 is 5.32 Å². The van der Waals surface area contributed by atoms with Gasteiger partial charge in [0.1, 0.15) is 11.1 Å². The molecule has 1 heterocycles. The topological polar surface area (TPSA) is 109 Å². The molecule has 0 spiro atoms. The third-order valence-corrected chi connectivity index (χ3v) is 4.08. The summed E-state index contributed by atoms with van der Waals surface area (Å²) < 4.78 is 0. The number of anilines is 1. The number of nitrogens with zero attached hydrogens (tertiary/aromatic N) is 3. The highest BCUT2D eigenvalue weighted by molar-refractivity contribution is 8.00. The van der Waals surface area contributed by atoms with Crippen LogP contribution >= 0.6 is 11.8 Å². The van der Waals surface area contributed by atoms with E-state index >= 15 is 0 Å². The van der Waals surface area contributed by atoms with Gasteiger partial charge in [0, 0.05) is 23.5 Å². The van der Waals surface area contributed by atoms with Gasteiger partial charge in [0.15, 0.2) is 0 Å². The van der Waals surface area contributed by atoms with E-state index in [2.05, 4.69) is 16.4 Å². The molecular weight excluding hydrogens is 328 g/mol. The number of thioether (sulfide) groups is 1. The first kappa shape index (κ1) is 17.4. The number of nitro benzene ring substituents is 1. The lowest BCUT2D eigenvalue weighted by Gasteiger charge is -2.08. The Hall–Kier alpha value is -2.92. The first-order valence-electron chi connectivity index (χ1n) is 6.96. The summed E-state index contributed by atoms with van der Waals surface area (Å²) in [6.07, 6.45) is 0. The molecule has 0 fully saturated rings. The van der Waals surface area contributed by atoms with Crippen LogP contribution in [0.3, 0.4) is 0 Å². The van der Waals surface area contributed by atoms with E-state index in [9.17, 15) is 20.2 Å². The second-order valence-electron chi connectivity index (χ2n) is 5.02. The van der Waals surface area contributed by atoms with Gasteiger partial charge in [-0.2, -0.15) is 5.26 Å². The van der Waals surface area contributed by atoms with Gasteiger partial charge < -0.3 is 5.32 Å². The van der Waals surface area contributed by atoms with Crippen molar-refractivity contribution in [1.29, 1.82) is 5.26 Å². The molecule has 1 amide bonds. The third kappa shape index (κ3) is 4.30. The van der Waals surface area contributed by atoms with Crippen molar-refractivity contribution in [3.63, 3.8) is 0 Å². The average molecular weight is 342 g/mol. The minimum atomic E-state index is -0.525. The maximum Gasteiger partial charge on any atom is 0.271 e. The molecular formula is C16H14N4O3S. The molecule has 0 bridgehead atoms. The first-order valence-corrected chi connectivity index (χ1v) is 7.94. The van der Waals surface area contributed by atoms with Crippen molar-refractivity contribution in [3.05, 3.63) is 57.3 Å². The lowest BCUT2D eigenvalue weighted by atomic mass is 10.1. The van der Waals surface area contributed by atoms with Crippen LogP contribution in [-0.2, 0) is 4.79 Å². The van der Waals surface area contributed by atoms with Crippen LogP contribution in [-0.4, -0.2) is 21.6 Å². The molecule has 0 aliphatic heterocycles. The van der Waals surface area contributed by atoms with Gasteiger partial charge in [-0.3, -0.25) is 14.9 Å². The molecule has 2 aromatic rings. The van der Waals surface area contributed by atoms with Gasteiger partial charge in [-0.05, 0) is 31.5 Å². The Kier molecular flexibility index (Phi) is 5.50. The number of non-ortho nitro benzene ring substituents is 1. The fourth-order valence-corrected chi connectivity index (χ4v) is 2.97. The number of nitrogens with one attached hydrogen (secondary N) is 1. The summed E-state index contributed by atoms with van der Waals surface area (Å²) in [5.41, 5.74) is 2.29. The second-order valence-corrected chi connectivity index (χ2v) is 5.98. The molecule has 7 nitrogen and oxygen atoms in total. The molecule has 1 aromatic heterocycles. The molecule has 1 N–H and O–H groups in total. The highest BCUT2D eigenvalue weighted by Crippen LogP contribution is 2.24. The van der Waals surface area contributed by atoms with Crippen molar-refractivity contribution in [2.45, 2.75) is 18.9 Å². The van der Waals surface area contributed by atoms with Crippen LogP contribution in [0.4, 0.5) is 11.4 Å². The van der Waals surface area contributed by atoms with Crippen molar-refractivity contribution in [3.8, 4) is 6.07 Å². The number of benzene rings is 1. The molecule has 1 aromatic carbocycles. The monoisotopic (exact) mass is 342 g/mol.